The minimum atomic E-state index is 0.0499. The molecule has 0 atom stereocenters. The number of rotatable bonds is 2. The van der Waals surface area contributed by atoms with E-state index in [0.717, 1.165) is 5.69 Å². The summed E-state index contributed by atoms with van der Waals surface area (Å²) in [7, 11) is 0. The summed E-state index contributed by atoms with van der Waals surface area (Å²) in [6.07, 6.45) is 1.97. The van der Waals surface area contributed by atoms with Crippen LogP contribution in [0.3, 0.4) is 0 Å². The Bertz CT molecular complexity index is 1710. The Morgan fingerprint density at radius 2 is 1.62 bits per heavy atom. The molecule has 0 spiro atoms. The molecule has 0 fully saturated rings. The van der Waals surface area contributed by atoms with Gasteiger partial charge in [-0.25, -0.2) is 0 Å². The van der Waals surface area contributed by atoms with Crippen LogP contribution in [0.15, 0.2) is 72.2 Å². The van der Waals surface area contributed by atoms with Crippen molar-refractivity contribution in [3.8, 4) is 21.7 Å². The van der Waals surface area contributed by atoms with Gasteiger partial charge in [0.2, 0.25) is 0 Å². The molecule has 0 N–H and O–H groups in total. The third-order valence-corrected chi connectivity index (χ3v) is 9.25. The summed E-state index contributed by atoms with van der Waals surface area (Å²) in [4.78, 5) is 6.26. The van der Waals surface area contributed by atoms with E-state index in [4.69, 9.17) is 4.98 Å². The first-order chi connectivity index (χ1) is 16.3. The summed E-state index contributed by atoms with van der Waals surface area (Å²) in [5.74, 6) is 0. The first kappa shape index (κ1) is 21.5. The standard InChI is InChI=1S/C31H27NS2/c1-18-17-33-27-16-21(10-11-23(18)27)29-19(2)24-12-13-32-28(30(24)34-29)22-14-20-8-6-7-9-25(20)26(15-22)31(3,4)5/h6-17H,1-5H3. The highest BCUT2D eigenvalue weighted by Gasteiger charge is 2.21. The lowest BCUT2D eigenvalue weighted by Crippen LogP contribution is -2.12. The highest BCUT2D eigenvalue weighted by atomic mass is 32.1. The summed E-state index contributed by atoms with van der Waals surface area (Å²) in [5, 5.41) is 7.52. The Labute approximate surface area is 208 Å². The van der Waals surface area contributed by atoms with Crippen LogP contribution in [-0.4, -0.2) is 4.98 Å². The predicted molar refractivity (Wildman–Crippen MR) is 152 cm³/mol. The molecule has 1 nitrogen and oxygen atoms in total. The van der Waals surface area contributed by atoms with Crippen LogP contribution in [0.5, 0.6) is 0 Å². The fraction of sp³-hybridized carbons (Fsp3) is 0.194. The molecule has 0 radical (unpaired) electrons. The molecule has 3 aromatic carbocycles. The quantitative estimate of drug-likeness (QED) is 0.242. The van der Waals surface area contributed by atoms with Gasteiger partial charge in [0.15, 0.2) is 0 Å². The number of hydrogen-bond acceptors (Lipinski definition) is 3. The Morgan fingerprint density at radius 3 is 2.44 bits per heavy atom. The first-order valence-electron chi connectivity index (χ1n) is 11.7. The fourth-order valence-corrected chi connectivity index (χ4v) is 7.29. The van der Waals surface area contributed by atoms with Crippen LogP contribution in [0.4, 0.5) is 0 Å². The maximum absolute atomic E-state index is 4.92. The lowest BCUT2D eigenvalue weighted by Gasteiger charge is -2.22. The maximum Gasteiger partial charge on any atom is 0.0880 e. The second-order valence-electron chi connectivity index (χ2n) is 10.2. The van der Waals surface area contributed by atoms with E-state index in [2.05, 4.69) is 101 Å². The number of fused-ring (bicyclic) bond motifs is 3. The Balaban J connectivity index is 1.59. The molecule has 0 amide bonds. The molecule has 3 heteroatoms. The van der Waals surface area contributed by atoms with E-state index >= 15 is 0 Å². The van der Waals surface area contributed by atoms with Gasteiger partial charge in [0, 0.05) is 21.3 Å². The molecule has 6 rings (SSSR count). The van der Waals surface area contributed by atoms with E-state index in [1.165, 1.54) is 63.6 Å². The molecule has 3 aromatic heterocycles. The number of benzene rings is 3. The van der Waals surface area contributed by atoms with Crippen LogP contribution in [0.1, 0.15) is 37.5 Å². The van der Waals surface area contributed by atoms with Crippen LogP contribution in [0.25, 0.3) is 52.6 Å². The summed E-state index contributed by atoms with van der Waals surface area (Å²) in [6.45, 7) is 11.3. The van der Waals surface area contributed by atoms with Gasteiger partial charge in [0.1, 0.15) is 0 Å². The van der Waals surface area contributed by atoms with Crippen molar-refractivity contribution in [3.63, 3.8) is 0 Å². The van der Waals surface area contributed by atoms with Crippen LogP contribution < -0.4 is 0 Å². The average molecular weight is 478 g/mol. The fourth-order valence-electron chi connectivity index (χ4n) is 5.00. The lowest BCUT2D eigenvalue weighted by atomic mass is 9.82. The molecule has 0 bridgehead atoms. The molecular formula is C31H27NS2. The Morgan fingerprint density at radius 1 is 0.794 bits per heavy atom. The number of hydrogen-bond donors (Lipinski definition) is 0. The predicted octanol–water partition coefficient (Wildman–Crippen LogP) is 9.91. The van der Waals surface area contributed by atoms with Crippen molar-refractivity contribution in [2.75, 3.05) is 0 Å². The highest BCUT2D eigenvalue weighted by Crippen LogP contribution is 2.44. The van der Waals surface area contributed by atoms with Crippen molar-refractivity contribution < 1.29 is 0 Å². The molecular weight excluding hydrogens is 450 g/mol. The summed E-state index contributed by atoms with van der Waals surface area (Å²) >= 11 is 3.71. The van der Waals surface area contributed by atoms with E-state index in [1.807, 2.05) is 28.9 Å². The first-order valence-corrected chi connectivity index (χ1v) is 13.4. The van der Waals surface area contributed by atoms with Gasteiger partial charge in [-0.3, -0.25) is 4.98 Å². The number of thiophene rings is 2. The van der Waals surface area contributed by atoms with Gasteiger partial charge in [-0.2, -0.15) is 0 Å². The molecule has 0 aliphatic heterocycles. The van der Waals surface area contributed by atoms with Gasteiger partial charge in [0.25, 0.3) is 0 Å². The zero-order chi connectivity index (χ0) is 23.6. The molecule has 0 unspecified atom stereocenters. The van der Waals surface area contributed by atoms with Crippen molar-refractivity contribution in [1.82, 2.24) is 4.98 Å². The highest BCUT2D eigenvalue weighted by molar-refractivity contribution is 7.23. The van der Waals surface area contributed by atoms with Crippen LogP contribution in [-0.2, 0) is 5.41 Å². The van der Waals surface area contributed by atoms with Crippen molar-refractivity contribution >= 4 is 53.6 Å². The average Bonchev–Trinajstić information content (AvgIpc) is 3.37. The zero-order valence-electron chi connectivity index (χ0n) is 20.2. The van der Waals surface area contributed by atoms with Crippen molar-refractivity contribution in [1.29, 1.82) is 0 Å². The third-order valence-electron chi connectivity index (χ3n) is 6.83. The lowest BCUT2D eigenvalue weighted by molar-refractivity contribution is 0.596. The van der Waals surface area contributed by atoms with Gasteiger partial charge >= 0.3 is 0 Å². The SMILES string of the molecule is Cc1csc2cc(-c3sc4c(-c5cc(C(C)(C)C)c6ccccc6c5)nccc4c3C)ccc12. The second kappa shape index (κ2) is 7.76. The zero-order valence-corrected chi connectivity index (χ0v) is 21.8. The summed E-state index contributed by atoms with van der Waals surface area (Å²) in [5.41, 5.74) is 7.70. The second-order valence-corrected chi connectivity index (χ2v) is 12.1. The monoisotopic (exact) mass is 477 g/mol. The van der Waals surface area contributed by atoms with E-state index < -0.39 is 0 Å². The van der Waals surface area contributed by atoms with Crippen molar-refractivity contribution in [2.45, 2.75) is 40.0 Å². The van der Waals surface area contributed by atoms with Gasteiger partial charge in [-0.1, -0.05) is 57.2 Å². The molecule has 0 aliphatic rings. The summed E-state index contributed by atoms with van der Waals surface area (Å²) in [6, 6.07) is 22.5. The van der Waals surface area contributed by atoms with Gasteiger partial charge < -0.3 is 0 Å². The molecule has 168 valence electrons. The smallest absolute Gasteiger partial charge is 0.0880 e. The number of aromatic nitrogens is 1. The van der Waals surface area contributed by atoms with Crippen molar-refractivity contribution in [2.24, 2.45) is 0 Å². The maximum atomic E-state index is 4.92. The van der Waals surface area contributed by atoms with E-state index in [0.29, 0.717) is 0 Å². The largest absolute Gasteiger partial charge is 0.255 e. The minimum absolute atomic E-state index is 0.0499. The number of pyridine rings is 1. The van der Waals surface area contributed by atoms with Gasteiger partial charge in [-0.05, 0) is 92.7 Å². The molecule has 3 heterocycles. The summed E-state index contributed by atoms with van der Waals surface area (Å²) < 4.78 is 2.63. The third kappa shape index (κ3) is 3.38. The normalized spacial score (nSPS) is 12.3. The van der Waals surface area contributed by atoms with Crippen molar-refractivity contribution in [3.05, 3.63) is 88.9 Å². The van der Waals surface area contributed by atoms with Gasteiger partial charge in [0.05, 0.1) is 10.4 Å². The van der Waals surface area contributed by atoms with Crippen LogP contribution in [0, 0.1) is 13.8 Å². The van der Waals surface area contributed by atoms with E-state index in [-0.39, 0.29) is 5.41 Å². The molecule has 34 heavy (non-hydrogen) atoms. The topological polar surface area (TPSA) is 12.9 Å². The Kier molecular flexibility index (Phi) is 4.91. The van der Waals surface area contributed by atoms with E-state index in [1.54, 1.807) is 0 Å². The molecule has 6 aromatic rings. The molecule has 0 saturated carbocycles. The molecule has 0 saturated heterocycles. The van der Waals surface area contributed by atoms with Crippen LogP contribution >= 0.6 is 22.7 Å². The Hall–Kier alpha value is -3.01. The number of nitrogens with zero attached hydrogens (tertiary/aromatic N) is 1. The minimum Gasteiger partial charge on any atom is -0.255 e. The number of aryl methyl sites for hydroxylation is 2. The van der Waals surface area contributed by atoms with Gasteiger partial charge in [-0.15, -0.1) is 22.7 Å². The molecule has 0 aliphatic carbocycles. The van der Waals surface area contributed by atoms with Crippen LogP contribution in [0.2, 0.25) is 0 Å². The van der Waals surface area contributed by atoms with E-state index in [9.17, 15) is 0 Å².